The first-order valence-corrected chi connectivity index (χ1v) is 7.93. The molecule has 0 saturated carbocycles. The SMILES string of the molecule is O=C(Cc1ccc(Br)s1)c1ccc2c(c1)CNCC2. The van der Waals surface area contributed by atoms with E-state index in [1.54, 1.807) is 11.3 Å². The molecular formula is C15H14BrNOS. The van der Waals surface area contributed by atoms with Gasteiger partial charge in [-0.05, 0) is 58.2 Å². The molecule has 0 aliphatic carbocycles. The fourth-order valence-electron chi connectivity index (χ4n) is 2.36. The van der Waals surface area contributed by atoms with E-state index in [2.05, 4.69) is 27.3 Å². The number of hydrogen-bond acceptors (Lipinski definition) is 3. The number of fused-ring (bicyclic) bond motifs is 1. The fourth-order valence-corrected chi connectivity index (χ4v) is 3.84. The Hall–Kier alpha value is -0.970. The minimum absolute atomic E-state index is 0.197. The molecule has 0 spiro atoms. The summed E-state index contributed by atoms with van der Waals surface area (Å²) in [6.45, 7) is 1.91. The smallest absolute Gasteiger partial charge is 0.168 e. The van der Waals surface area contributed by atoms with Gasteiger partial charge in [0, 0.05) is 23.4 Å². The summed E-state index contributed by atoms with van der Waals surface area (Å²) < 4.78 is 1.07. The second-order valence-corrected chi connectivity index (χ2v) is 7.26. The Bertz CT molecular complexity index is 620. The number of Topliss-reactive ketones (excluding diaryl/α,β-unsaturated/α-hetero) is 1. The van der Waals surface area contributed by atoms with Gasteiger partial charge in [-0.15, -0.1) is 11.3 Å². The van der Waals surface area contributed by atoms with E-state index in [9.17, 15) is 4.79 Å². The predicted octanol–water partition coefficient (Wildman–Crippen LogP) is 3.58. The third-order valence-electron chi connectivity index (χ3n) is 3.38. The number of hydrogen-bond donors (Lipinski definition) is 1. The van der Waals surface area contributed by atoms with Crippen molar-refractivity contribution in [2.45, 2.75) is 19.4 Å². The van der Waals surface area contributed by atoms with Gasteiger partial charge in [0.15, 0.2) is 5.78 Å². The van der Waals surface area contributed by atoms with E-state index < -0.39 is 0 Å². The molecule has 0 saturated heterocycles. The zero-order chi connectivity index (χ0) is 13.2. The van der Waals surface area contributed by atoms with Crippen molar-refractivity contribution in [3.63, 3.8) is 0 Å². The first kappa shape index (κ1) is 13.0. The Labute approximate surface area is 125 Å². The molecule has 0 unspecified atom stereocenters. The quantitative estimate of drug-likeness (QED) is 0.868. The summed E-state index contributed by atoms with van der Waals surface area (Å²) in [5.74, 6) is 0.197. The standard InChI is InChI=1S/C15H14BrNOS/c16-15-4-3-13(19-15)8-14(18)11-2-1-10-5-6-17-9-12(10)7-11/h1-4,7,17H,5-6,8-9H2. The van der Waals surface area contributed by atoms with Gasteiger partial charge in [0.2, 0.25) is 0 Å². The molecule has 2 aromatic rings. The highest BCUT2D eigenvalue weighted by atomic mass is 79.9. The lowest BCUT2D eigenvalue weighted by Gasteiger charge is -2.17. The van der Waals surface area contributed by atoms with Crippen LogP contribution in [0.15, 0.2) is 34.1 Å². The van der Waals surface area contributed by atoms with Gasteiger partial charge in [-0.3, -0.25) is 4.79 Å². The summed E-state index contributed by atoms with van der Waals surface area (Å²) in [5, 5.41) is 3.34. The minimum Gasteiger partial charge on any atom is -0.312 e. The molecule has 19 heavy (non-hydrogen) atoms. The number of halogens is 1. The van der Waals surface area contributed by atoms with Crippen molar-refractivity contribution < 1.29 is 4.79 Å². The van der Waals surface area contributed by atoms with Crippen LogP contribution in [0.2, 0.25) is 0 Å². The van der Waals surface area contributed by atoms with Crippen molar-refractivity contribution in [1.29, 1.82) is 0 Å². The molecular weight excluding hydrogens is 322 g/mol. The highest BCUT2D eigenvalue weighted by molar-refractivity contribution is 9.11. The van der Waals surface area contributed by atoms with Crippen LogP contribution in [0.5, 0.6) is 0 Å². The molecule has 0 bridgehead atoms. The van der Waals surface area contributed by atoms with Crippen LogP contribution in [0.4, 0.5) is 0 Å². The summed E-state index contributed by atoms with van der Waals surface area (Å²) in [7, 11) is 0. The molecule has 1 aromatic carbocycles. The maximum absolute atomic E-state index is 12.3. The Morgan fingerprint density at radius 1 is 1.26 bits per heavy atom. The third-order valence-corrected chi connectivity index (χ3v) is 5.00. The number of carbonyl (C=O) groups excluding carboxylic acids is 1. The Balaban J connectivity index is 1.80. The molecule has 2 heterocycles. The van der Waals surface area contributed by atoms with Crippen molar-refractivity contribution in [2.75, 3.05) is 6.54 Å². The summed E-state index contributed by atoms with van der Waals surface area (Å²) in [4.78, 5) is 13.4. The van der Waals surface area contributed by atoms with E-state index in [0.717, 1.165) is 33.7 Å². The van der Waals surface area contributed by atoms with Crippen LogP contribution in [0, 0.1) is 0 Å². The summed E-state index contributed by atoms with van der Waals surface area (Å²) >= 11 is 5.05. The fraction of sp³-hybridized carbons (Fsp3) is 0.267. The first-order chi connectivity index (χ1) is 9.22. The van der Waals surface area contributed by atoms with Gasteiger partial charge in [0.1, 0.15) is 0 Å². The second-order valence-electron chi connectivity index (χ2n) is 4.72. The number of rotatable bonds is 3. The van der Waals surface area contributed by atoms with Crippen LogP contribution in [-0.4, -0.2) is 12.3 Å². The maximum atomic E-state index is 12.3. The molecule has 4 heteroatoms. The van der Waals surface area contributed by atoms with Gasteiger partial charge in [0.05, 0.1) is 3.79 Å². The molecule has 0 atom stereocenters. The van der Waals surface area contributed by atoms with E-state index in [4.69, 9.17) is 0 Å². The molecule has 1 aromatic heterocycles. The minimum atomic E-state index is 0.197. The third kappa shape index (κ3) is 2.96. The Morgan fingerprint density at radius 2 is 2.16 bits per heavy atom. The van der Waals surface area contributed by atoms with Crippen molar-refractivity contribution in [2.24, 2.45) is 0 Å². The van der Waals surface area contributed by atoms with Crippen LogP contribution in [0.3, 0.4) is 0 Å². The molecule has 2 nitrogen and oxygen atoms in total. The molecule has 1 N–H and O–H groups in total. The summed E-state index contributed by atoms with van der Waals surface area (Å²) in [5.41, 5.74) is 3.46. The average molecular weight is 336 g/mol. The zero-order valence-corrected chi connectivity index (χ0v) is 12.8. The molecule has 98 valence electrons. The second kappa shape index (κ2) is 5.57. The molecule has 0 fully saturated rings. The number of carbonyl (C=O) groups is 1. The van der Waals surface area contributed by atoms with Crippen LogP contribution >= 0.6 is 27.3 Å². The Kier molecular flexibility index (Phi) is 3.82. The van der Waals surface area contributed by atoms with Gasteiger partial charge in [-0.25, -0.2) is 0 Å². The topological polar surface area (TPSA) is 29.1 Å². The van der Waals surface area contributed by atoms with E-state index >= 15 is 0 Å². The largest absolute Gasteiger partial charge is 0.312 e. The van der Waals surface area contributed by atoms with E-state index in [1.165, 1.54) is 11.1 Å². The van der Waals surface area contributed by atoms with Crippen LogP contribution in [-0.2, 0) is 19.4 Å². The normalized spacial score (nSPS) is 14.2. The lowest BCUT2D eigenvalue weighted by molar-refractivity contribution is 0.0993. The van der Waals surface area contributed by atoms with Crippen molar-refractivity contribution >= 4 is 33.0 Å². The number of benzene rings is 1. The molecule has 0 amide bonds. The van der Waals surface area contributed by atoms with Crippen molar-refractivity contribution in [3.05, 3.63) is 55.7 Å². The maximum Gasteiger partial charge on any atom is 0.168 e. The van der Waals surface area contributed by atoms with Crippen LogP contribution in [0.25, 0.3) is 0 Å². The summed E-state index contributed by atoms with van der Waals surface area (Å²) in [6, 6.07) is 10.1. The zero-order valence-electron chi connectivity index (χ0n) is 10.4. The lowest BCUT2D eigenvalue weighted by Crippen LogP contribution is -2.23. The first-order valence-electron chi connectivity index (χ1n) is 6.32. The number of nitrogens with one attached hydrogen (secondary N) is 1. The number of thiophene rings is 1. The van der Waals surface area contributed by atoms with Gasteiger partial charge >= 0.3 is 0 Å². The van der Waals surface area contributed by atoms with Crippen LogP contribution in [0.1, 0.15) is 26.4 Å². The highest BCUT2D eigenvalue weighted by Crippen LogP contribution is 2.24. The predicted molar refractivity (Wildman–Crippen MR) is 81.9 cm³/mol. The molecule has 0 radical (unpaired) electrons. The van der Waals surface area contributed by atoms with Gasteiger partial charge < -0.3 is 5.32 Å². The van der Waals surface area contributed by atoms with E-state index in [0.29, 0.717) is 6.42 Å². The highest BCUT2D eigenvalue weighted by Gasteiger charge is 2.13. The molecule has 1 aliphatic heterocycles. The van der Waals surface area contributed by atoms with E-state index in [1.807, 2.05) is 24.3 Å². The summed E-state index contributed by atoms with van der Waals surface area (Å²) in [6.07, 6.45) is 1.55. The monoisotopic (exact) mass is 335 g/mol. The lowest BCUT2D eigenvalue weighted by atomic mass is 9.96. The van der Waals surface area contributed by atoms with Crippen LogP contribution < -0.4 is 5.32 Å². The van der Waals surface area contributed by atoms with Crippen molar-refractivity contribution in [1.82, 2.24) is 5.32 Å². The van der Waals surface area contributed by atoms with Crippen molar-refractivity contribution in [3.8, 4) is 0 Å². The van der Waals surface area contributed by atoms with Gasteiger partial charge in [0.25, 0.3) is 0 Å². The molecule has 1 aliphatic rings. The molecule has 3 rings (SSSR count). The number of ketones is 1. The van der Waals surface area contributed by atoms with E-state index in [-0.39, 0.29) is 5.78 Å². The van der Waals surface area contributed by atoms with Gasteiger partial charge in [-0.1, -0.05) is 12.1 Å². The van der Waals surface area contributed by atoms with Gasteiger partial charge in [-0.2, -0.15) is 0 Å². The Morgan fingerprint density at radius 3 is 2.95 bits per heavy atom. The average Bonchev–Trinajstić information content (AvgIpc) is 2.83.